The summed E-state index contributed by atoms with van der Waals surface area (Å²) < 4.78 is 2.01. The second kappa shape index (κ2) is 7.07. The van der Waals surface area contributed by atoms with Crippen molar-refractivity contribution >= 4 is 5.97 Å². The molecule has 0 amide bonds. The van der Waals surface area contributed by atoms with Gasteiger partial charge in [-0.15, -0.1) is 0 Å². The minimum absolute atomic E-state index is 0.141. The summed E-state index contributed by atoms with van der Waals surface area (Å²) >= 11 is 0. The van der Waals surface area contributed by atoms with Gasteiger partial charge in [-0.1, -0.05) is 24.3 Å². The SMILES string of the molecule is O=C(O)CCCc1nc(-c2ccncc2)nn1C1Cc2ccccc2C1. The van der Waals surface area contributed by atoms with Gasteiger partial charge >= 0.3 is 5.97 Å². The number of aliphatic carboxylic acids is 1. The van der Waals surface area contributed by atoms with Crippen LogP contribution in [0.1, 0.15) is 35.8 Å². The van der Waals surface area contributed by atoms with Crippen molar-refractivity contribution in [1.82, 2.24) is 19.7 Å². The molecule has 6 heteroatoms. The molecule has 0 saturated carbocycles. The zero-order valence-electron chi connectivity index (χ0n) is 14.4. The van der Waals surface area contributed by atoms with E-state index in [1.54, 1.807) is 12.4 Å². The molecule has 0 aliphatic heterocycles. The van der Waals surface area contributed by atoms with Crippen molar-refractivity contribution in [2.75, 3.05) is 0 Å². The molecule has 0 fully saturated rings. The molecule has 0 bridgehead atoms. The second-order valence-corrected chi connectivity index (χ2v) is 6.61. The zero-order chi connectivity index (χ0) is 17.9. The van der Waals surface area contributed by atoms with Gasteiger partial charge in [0.1, 0.15) is 5.82 Å². The maximum Gasteiger partial charge on any atom is 0.303 e. The fraction of sp³-hybridized carbons (Fsp3) is 0.300. The third-order valence-electron chi connectivity index (χ3n) is 4.81. The molecule has 4 rings (SSSR count). The van der Waals surface area contributed by atoms with Crippen LogP contribution < -0.4 is 0 Å². The highest BCUT2D eigenvalue weighted by Crippen LogP contribution is 2.31. The number of hydrogen-bond donors (Lipinski definition) is 1. The van der Waals surface area contributed by atoms with E-state index < -0.39 is 5.97 Å². The van der Waals surface area contributed by atoms with Crippen molar-refractivity contribution in [3.63, 3.8) is 0 Å². The third kappa shape index (κ3) is 3.35. The van der Waals surface area contributed by atoms with Crippen LogP contribution in [0.5, 0.6) is 0 Å². The third-order valence-corrected chi connectivity index (χ3v) is 4.81. The number of aryl methyl sites for hydroxylation is 1. The quantitative estimate of drug-likeness (QED) is 0.740. The molecule has 2 aromatic heterocycles. The molecular formula is C20H20N4O2. The fourth-order valence-corrected chi connectivity index (χ4v) is 3.55. The van der Waals surface area contributed by atoms with E-state index in [4.69, 9.17) is 15.2 Å². The van der Waals surface area contributed by atoms with E-state index in [0.29, 0.717) is 18.7 Å². The number of benzene rings is 1. The Balaban J connectivity index is 1.63. The highest BCUT2D eigenvalue weighted by atomic mass is 16.4. The smallest absolute Gasteiger partial charge is 0.303 e. The van der Waals surface area contributed by atoms with Crippen LogP contribution in [0.4, 0.5) is 0 Å². The van der Waals surface area contributed by atoms with Gasteiger partial charge in [0.15, 0.2) is 5.82 Å². The number of aromatic nitrogens is 4. The molecule has 6 nitrogen and oxygen atoms in total. The number of carboxylic acids is 1. The lowest BCUT2D eigenvalue weighted by atomic mass is 10.1. The van der Waals surface area contributed by atoms with E-state index in [1.165, 1.54) is 11.1 Å². The molecule has 0 radical (unpaired) electrons. The minimum Gasteiger partial charge on any atom is -0.481 e. The van der Waals surface area contributed by atoms with Gasteiger partial charge < -0.3 is 5.11 Å². The van der Waals surface area contributed by atoms with Gasteiger partial charge in [-0.25, -0.2) is 9.67 Å². The summed E-state index contributed by atoms with van der Waals surface area (Å²) in [5, 5.41) is 13.7. The first-order valence-electron chi connectivity index (χ1n) is 8.85. The Labute approximate surface area is 151 Å². The number of rotatable bonds is 6. The zero-order valence-corrected chi connectivity index (χ0v) is 14.4. The lowest BCUT2D eigenvalue weighted by Gasteiger charge is -2.12. The summed E-state index contributed by atoms with van der Waals surface area (Å²) in [6.45, 7) is 0. The lowest BCUT2D eigenvalue weighted by Crippen LogP contribution is -2.15. The highest BCUT2D eigenvalue weighted by molar-refractivity contribution is 5.66. The molecule has 0 atom stereocenters. The lowest BCUT2D eigenvalue weighted by molar-refractivity contribution is -0.137. The topological polar surface area (TPSA) is 80.9 Å². The van der Waals surface area contributed by atoms with E-state index in [0.717, 1.165) is 24.2 Å². The van der Waals surface area contributed by atoms with Gasteiger partial charge in [0, 0.05) is 30.8 Å². The largest absolute Gasteiger partial charge is 0.481 e. The second-order valence-electron chi connectivity index (χ2n) is 6.61. The molecule has 2 heterocycles. The van der Waals surface area contributed by atoms with Crippen LogP contribution in [0, 0.1) is 0 Å². The van der Waals surface area contributed by atoms with Gasteiger partial charge in [-0.05, 0) is 42.5 Å². The van der Waals surface area contributed by atoms with Gasteiger partial charge in [0.05, 0.1) is 6.04 Å². The van der Waals surface area contributed by atoms with Gasteiger partial charge in [-0.2, -0.15) is 5.10 Å². The minimum atomic E-state index is -0.779. The van der Waals surface area contributed by atoms with Crippen LogP contribution in [0.2, 0.25) is 0 Å². The van der Waals surface area contributed by atoms with Crippen LogP contribution in [0.3, 0.4) is 0 Å². The first kappa shape index (κ1) is 16.4. The normalized spacial score (nSPS) is 13.7. The molecule has 3 aromatic rings. The van der Waals surface area contributed by atoms with E-state index in [1.807, 2.05) is 16.8 Å². The monoisotopic (exact) mass is 348 g/mol. The highest BCUT2D eigenvalue weighted by Gasteiger charge is 2.26. The number of pyridine rings is 1. The van der Waals surface area contributed by atoms with Gasteiger partial charge in [0.2, 0.25) is 0 Å². The summed E-state index contributed by atoms with van der Waals surface area (Å²) in [5.74, 6) is 0.753. The predicted octanol–water partition coefficient (Wildman–Crippen LogP) is 3.09. The van der Waals surface area contributed by atoms with E-state index in [2.05, 4.69) is 29.2 Å². The van der Waals surface area contributed by atoms with Crippen molar-refractivity contribution in [3.8, 4) is 11.4 Å². The van der Waals surface area contributed by atoms with Crippen molar-refractivity contribution in [1.29, 1.82) is 0 Å². The maximum absolute atomic E-state index is 10.9. The molecule has 1 aromatic carbocycles. The summed E-state index contributed by atoms with van der Waals surface area (Å²) in [7, 11) is 0. The summed E-state index contributed by atoms with van der Waals surface area (Å²) in [4.78, 5) is 19.6. The van der Waals surface area contributed by atoms with Gasteiger partial charge in [-0.3, -0.25) is 9.78 Å². The van der Waals surface area contributed by atoms with E-state index >= 15 is 0 Å². The standard InChI is InChI=1S/C20H20N4O2/c25-19(26)7-3-6-18-22-20(14-8-10-21-11-9-14)23-24(18)17-12-15-4-1-2-5-16(15)13-17/h1-2,4-5,8-11,17H,3,6-7,12-13H2,(H,25,26). The average molecular weight is 348 g/mol. The Morgan fingerprint density at radius 3 is 2.46 bits per heavy atom. The fourth-order valence-electron chi connectivity index (χ4n) is 3.55. The number of carboxylic acid groups (broad SMARTS) is 1. The van der Waals surface area contributed by atoms with Crippen molar-refractivity contribution < 1.29 is 9.90 Å². The predicted molar refractivity (Wildman–Crippen MR) is 96.7 cm³/mol. The molecule has 0 unspecified atom stereocenters. The van der Waals surface area contributed by atoms with E-state index in [-0.39, 0.29) is 12.5 Å². The van der Waals surface area contributed by atoms with Crippen LogP contribution in [-0.4, -0.2) is 30.8 Å². The molecule has 26 heavy (non-hydrogen) atoms. The Kier molecular flexibility index (Phi) is 4.48. The van der Waals surface area contributed by atoms with Gasteiger partial charge in [0.25, 0.3) is 0 Å². The van der Waals surface area contributed by atoms with Crippen molar-refractivity contribution in [2.45, 2.75) is 38.1 Å². The van der Waals surface area contributed by atoms with Crippen molar-refractivity contribution in [2.24, 2.45) is 0 Å². The Hall–Kier alpha value is -3.02. The molecule has 0 saturated heterocycles. The summed E-state index contributed by atoms with van der Waals surface area (Å²) in [5.41, 5.74) is 3.64. The molecule has 1 aliphatic rings. The average Bonchev–Trinajstić information content (AvgIpc) is 3.26. The Bertz CT molecular complexity index is 896. The molecule has 1 N–H and O–H groups in total. The molecule has 1 aliphatic carbocycles. The molecular weight excluding hydrogens is 328 g/mol. The summed E-state index contributed by atoms with van der Waals surface area (Å²) in [6.07, 6.45) is 6.63. The first-order chi connectivity index (χ1) is 12.7. The van der Waals surface area contributed by atoms with Crippen LogP contribution in [0.25, 0.3) is 11.4 Å². The number of carbonyl (C=O) groups is 1. The summed E-state index contributed by atoms with van der Waals surface area (Å²) in [6, 6.07) is 12.5. The van der Waals surface area contributed by atoms with Crippen LogP contribution in [-0.2, 0) is 24.1 Å². The molecule has 132 valence electrons. The van der Waals surface area contributed by atoms with Crippen LogP contribution >= 0.6 is 0 Å². The number of nitrogens with zero attached hydrogens (tertiary/aromatic N) is 4. The maximum atomic E-state index is 10.9. The van der Waals surface area contributed by atoms with Crippen molar-refractivity contribution in [3.05, 3.63) is 65.7 Å². The molecule has 0 spiro atoms. The number of hydrogen-bond acceptors (Lipinski definition) is 4. The Morgan fingerprint density at radius 2 is 1.81 bits per heavy atom. The number of fused-ring (bicyclic) bond motifs is 1. The van der Waals surface area contributed by atoms with E-state index in [9.17, 15) is 4.79 Å². The van der Waals surface area contributed by atoms with Crippen LogP contribution in [0.15, 0.2) is 48.8 Å². The Morgan fingerprint density at radius 1 is 1.12 bits per heavy atom. The first-order valence-corrected chi connectivity index (χ1v) is 8.85.